The van der Waals surface area contributed by atoms with Gasteiger partial charge in [0.15, 0.2) is 0 Å². The Morgan fingerprint density at radius 3 is 2.86 bits per heavy atom. The number of allylic oxidation sites excluding steroid dienone is 2. The third kappa shape index (κ3) is 2.33. The number of nitrogens with zero attached hydrogens (tertiary/aromatic N) is 2. The average molecular weight is 285 g/mol. The maximum absolute atomic E-state index is 10.9. The maximum atomic E-state index is 10.9. The number of para-hydroxylation sites is 2. The van der Waals surface area contributed by atoms with Gasteiger partial charge in [0.25, 0.3) is 5.69 Å². The van der Waals surface area contributed by atoms with Gasteiger partial charge in [0.2, 0.25) is 0 Å². The largest absolute Gasteiger partial charge is 0.294 e. The molecule has 2 bridgehead atoms. The Morgan fingerprint density at radius 1 is 1.43 bits per heavy atom. The first-order chi connectivity index (χ1) is 10.00. The van der Waals surface area contributed by atoms with Crippen molar-refractivity contribution in [2.75, 3.05) is 5.43 Å². The molecule has 1 aromatic rings. The molecule has 0 heterocycles. The number of anilines is 1. The predicted molar refractivity (Wildman–Crippen MR) is 83.3 cm³/mol. The quantitative estimate of drug-likeness (QED) is 0.517. The van der Waals surface area contributed by atoms with Crippen molar-refractivity contribution in [2.24, 2.45) is 22.4 Å². The van der Waals surface area contributed by atoms with Gasteiger partial charge in [-0.15, -0.1) is 0 Å². The van der Waals surface area contributed by atoms with Crippen LogP contribution in [0.5, 0.6) is 0 Å². The summed E-state index contributed by atoms with van der Waals surface area (Å²) >= 11 is 0. The van der Waals surface area contributed by atoms with Gasteiger partial charge in [0, 0.05) is 6.07 Å². The lowest BCUT2D eigenvalue weighted by Gasteiger charge is -2.55. The maximum Gasteiger partial charge on any atom is 0.294 e. The van der Waals surface area contributed by atoms with E-state index in [9.17, 15) is 10.1 Å². The number of hydrazone groups is 1. The van der Waals surface area contributed by atoms with Crippen molar-refractivity contribution < 1.29 is 4.92 Å². The number of hydrogen-bond acceptors (Lipinski definition) is 4. The summed E-state index contributed by atoms with van der Waals surface area (Å²) in [4.78, 5) is 10.5. The van der Waals surface area contributed by atoms with Crippen LogP contribution in [0, 0.1) is 27.4 Å². The standard InChI is InChI=1S/C16H19N3O2/c1-16(2)12-8-7-11(13(16)9-12)10-17-18-14-5-3-4-6-15(14)19(20)21/h3-7,10,12-13,18H,8-9H2,1-2H3/b17-10-/t12-,13-/m1/s1. The van der Waals surface area contributed by atoms with Crippen LogP contribution in [-0.2, 0) is 0 Å². The van der Waals surface area contributed by atoms with Crippen LogP contribution in [0.4, 0.5) is 11.4 Å². The van der Waals surface area contributed by atoms with Gasteiger partial charge in [-0.1, -0.05) is 32.1 Å². The smallest absolute Gasteiger partial charge is 0.272 e. The van der Waals surface area contributed by atoms with E-state index in [1.54, 1.807) is 18.2 Å². The van der Waals surface area contributed by atoms with Crippen LogP contribution in [0.3, 0.4) is 0 Å². The van der Waals surface area contributed by atoms with E-state index in [2.05, 4.69) is 30.5 Å². The molecule has 0 amide bonds. The van der Waals surface area contributed by atoms with Gasteiger partial charge < -0.3 is 0 Å². The van der Waals surface area contributed by atoms with Crippen LogP contribution in [0.1, 0.15) is 26.7 Å². The molecule has 0 radical (unpaired) electrons. The first kappa shape index (κ1) is 13.8. The minimum absolute atomic E-state index is 0.0383. The number of nitro benzene ring substituents is 1. The molecule has 1 fully saturated rings. The molecule has 1 N–H and O–H groups in total. The molecule has 0 aromatic heterocycles. The summed E-state index contributed by atoms with van der Waals surface area (Å²) in [6, 6.07) is 6.53. The summed E-state index contributed by atoms with van der Waals surface area (Å²) in [6.07, 6.45) is 6.40. The second-order valence-corrected chi connectivity index (χ2v) is 6.39. The fraction of sp³-hybridized carbons (Fsp3) is 0.438. The highest BCUT2D eigenvalue weighted by Crippen LogP contribution is 2.58. The van der Waals surface area contributed by atoms with Crippen molar-refractivity contribution in [3.8, 4) is 0 Å². The van der Waals surface area contributed by atoms with E-state index in [1.165, 1.54) is 18.1 Å². The van der Waals surface area contributed by atoms with Crippen molar-refractivity contribution >= 4 is 17.6 Å². The normalized spacial score (nSPS) is 26.1. The van der Waals surface area contributed by atoms with E-state index in [4.69, 9.17) is 0 Å². The zero-order valence-electron chi connectivity index (χ0n) is 12.2. The molecule has 110 valence electrons. The highest BCUT2D eigenvalue weighted by atomic mass is 16.6. The number of rotatable bonds is 4. The lowest BCUT2D eigenvalue weighted by atomic mass is 9.49. The molecule has 1 saturated carbocycles. The molecule has 1 aromatic carbocycles. The second-order valence-electron chi connectivity index (χ2n) is 6.39. The van der Waals surface area contributed by atoms with E-state index in [0.29, 0.717) is 17.0 Å². The van der Waals surface area contributed by atoms with Crippen LogP contribution in [0.2, 0.25) is 0 Å². The predicted octanol–water partition coefficient (Wildman–Crippen LogP) is 3.98. The monoisotopic (exact) mass is 285 g/mol. The molecule has 0 aliphatic heterocycles. The van der Waals surface area contributed by atoms with Crippen LogP contribution in [0.25, 0.3) is 0 Å². The molecular formula is C16H19N3O2. The Balaban J connectivity index is 1.71. The lowest BCUT2D eigenvalue weighted by molar-refractivity contribution is -0.384. The van der Waals surface area contributed by atoms with E-state index in [1.807, 2.05) is 6.21 Å². The molecule has 5 heteroatoms. The van der Waals surface area contributed by atoms with E-state index >= 15 is 0 Å². The van der Waals surface area contributed by atoms with Gasteiger partial charge in [-0.05, 0) is 41.7 Å². The zero-order valence-corrected chi connectivity index (χ0v) is 12.2. The summed E-state index contributed by atoms with van der Waals surface area (Å²) in [5.74, 6) is 1.36. The molecule has 5 nitrogen and oxygen atoms in total. The van der Waals surface area contributed by atoms with Crippen molar-refractivity contribution in [3.05, 3.63) is 46.0 Å². The zero-order chi connectivity index (χ0) is 15.0. The Labute approximate surface area is 123 Å². The Bertz CT molecular complexity index is 634. The molecule has 0 unspecified atom stereocenters. The number of fused-ring (bicyclic) bond motifs is 1. The van der Waals surface area contributed by atoms with E-state index < -0.39 is 4.92 Å². The molecule has 0 saturated heterocycles. The van der Waals surface area contributed by atoms with Crippen molar-refractivity contribution in [1.82, 2.24) is 0 Å². The SMILES string of the molecule is CC1(C)[C@@H]2CC=C(/C=N\Nc3ccccc3[N+](=O)[O-])[C@H]1C2. The van der Waals surface area contributed by atoms with Crippen LogP contribution in [0.15, 0.2) is 41.0 Å². The van der Waals surface area contributed by atoms with Crippen molar-refractivity contribution in [2.45, 2.75) is 26.7 Å². The number of hydrogen-bond donors (Lipinski definition) is 1. The topological polar surface area (TPSA) is 67.5 Å². The Hall–Kier alpha value is -2.17. The van der Waals surface area contributed by atoms with Gasteiger partial charge >= 0.3 is 0 Å². The summed E-state index contributed by atoms with van der Waals surface area (Å²) < 4.78 is 0. The van der Waals surface area contributed by atoms with E-state index in [-0.39, 0.29) is 5.69 Å². The molecule has 3 aliphatic rings. The third-order valence-corrected chi connectivity index (χ3v) is 5.01. The summed E-state index contributed by atoms with van der Waals surface area (Å²) in [7, 11) is 0. The third-order valence-electron chi connectivity index (χ3n) is 5.01. The minimum Gasteiger partial charge on any atom is -0.272 e. The first-order valence-corrected chi connectivity index (χ1v) is 7.22. The highest BCUT2D eigenvalue weighted by Gasteiger charge is 2.50. The number of benzene rings is 1. The average Bonchev–Trinajstić information content (AvgIpc) is 2.47. The van der Waals surface area contributed by atoms with Gasteiger partial charge in [-0.3, -0.25) is 15.5 Å². The molecular weight excluding hydrogens is 266 g/mol. The number of nitrogens with one attached hydrogen (secondary N) is 1. The number of nitro groups is 1. The Morgan fingerprint density at radius 2 is 2.19 bits per heavy atom. The Kier molecular flexibility index (Phi) is 3.27. The summed E-state index contributed by atoms with van der Waals surface area (Å²) in [5.41, 5.74) is 4.85. The van der Waals surface area contributed by atoms with Gasteiger partial charge in [-0.25, -0.2) is 0 Å². The molecule has 3 aliphatic carbocycles. The van der Waals surface area contributed by atoms with Gasteiger partial charge in [0.05, 0.1) is 11.1 Å². The van der Waals surface area contributed by atoms with Gasteiger partial charge in [-0.2, -0.15) is 5.10 Å². The van der Waals surface area contributed by atoms with Crippen LogP contribution < -0.4 is 5.43 Å². The fourth-order valence-corrected chi connectivity index (χ4v) is 3.45. The van der Waals surface area contributed by atoms with Crippen molar-refractivity contribution in [1.29, 1.82) is 0 Å². The second kappa shape index (κ2) is 4.98. The first-order valence-electron chi connectivity index (χ1n) is 7.22. The van der Waals surface area contributed by atoms with E-state index in [0.717, 1.165) is 12.3 Å². The highest BCUT2D eigenvalue weighted by molar-refractivity contribution is 5.81. The fourth-order valence-electron chi connectivity index (χ4n) is 3.45. The summed E-state index contributed by atoms with van der Waals surface area (Å²) in [6.45, 7) is 4.62. The van der Waals surface area contributed by atoms with Crippen molar-refractivity contribution in [3.63, 3.8) is 0 Å². The van der Waals surface area contributed by atoms with Crippen LogP contribution >= 0.6 is 0 Å². The minimum atomic E-state index is -0.405. The lowest BCUT2D eigenvalue weighted by Crippen LogP contribution is -2.48. The molecule has 0 spiro atoms. The van der Waals surface area contributed by atoms with Gasteiger partial charge in [0.1, 0.15) is 5.69 Å². The summed E-state index contributed by atoms with van der Waals surface area (Å²) in [5, 5.41) is 15.1. The molecule has 4 rings (SSSR count). The molecule has 21 heavy (non-hydrogen) atoms. The van der Waals surface area contributed by atoms with Crippen LogP contribution in [-0.4, -0.2) is 11.1 Å². The molecule has 2 atom stereocenters.